The molecule has 184 valence electrons. The summed E-state index contributed by atoms with van der Waals surface area (Å²) in [4.78, 5) is 30.3. The molecular formula is C22H23ClF4N4O3. The average molecular weight is 503 g/mol. The van der Waals surface area contributed by atoms with Crippen molar-refractivity contribution in [2.45, 2.75) is 56.8 Å². The van der Waals surface area contributed by atoms with Crippen molar-refractivity contribution in [1.29, 1.82) is 0 Å². The first-order valence-electron chi connectivity index (χ1n) is 10.8. The molecule has 1 fully saturated rings. The summed E-state index contributed by atoms with van der Waals surface area (Å²) in [5.74, 6) is -3.99. The van der Waals surface area contributed by atoms with Crippen molar-refractivity contribution in [3.8, 4) is 0 Å². The van der Waals surface area contributed by atoms with Crippen LogP contribution in [0.5, 0.6) is 0 Å². The summed E-state index contributed by atoms with van der Waals surface area (Å²) in [5, 5.41) is 9.02. The molecule has 1 N–H and O–H groups in total. The van der Waals surface area contributed by atoms with E-state index in [-0.39, 0.29) is 48.1 Å². The van der Waals surface area contributed by atoms with Crippen LogP contribution in [-0.2, 0) is 25.8 Å². The summed E-state index contributed by atoms with van der Waals surface area (Å²) >= 11 is 5.76. The molecule has 0 atom stereocenters. The number of halogens is 5. The molecule has 34 heavy (non-hydrogen) atoms. The van der Waals surface area contributed by atoms with Gasteiger partial charge in [0.2, 0.25) is 5.92 Å². The van der Waals surface area contributed by atoms with Gasteiger partial charge < -0.3 is 9.67 Å². The van der Waals surface area contributed by atoms with E-state index in [0.29, 0.717) is 5.56 Å². The van der Waals surface area contributed by atoms with E-state index in [1.54, 1.807) is 0 Å². The molecule has 2 aromatic heterocycles. The number of hydrogen-bond acceptors (Lipinski definition) is 4. The van der Waals surface area contributed by atoms with Crippen LogP contribution < -0.4 is 11.2 Å². The van der Waals surface area contributed by atoms with Gasteiger partial charge in [0.15, 0.2) is 16.8 Å². The van der Waals surface area contributed by atoms with Gasteiger partial charge in [0.05, 0.1) is 5.02 Å². The average Bonchev–Trinajstić information content (AvgIpc) is 3.17. The Morgan fingerprint density at radius 3 is 2.41 bits per heavy atom. The van der Waals surface area contributed by atoms with Crippen LogP contribution in [0, 0.1) is 5.82 Å². The summed E-state index contributed by atoms with van der Waals surface area (Å²) < 4.78 is 61.0. The number of aryl methyl sites for hydroxylation is 1. The number of alkyl halides is 3. The van der Waals surface area contributed by atoms with Gasteiger partial charge in [0.25, 0.3) is 5.56 Å². The van der Waals surface area contributed by atoms with Crippen LogP contribution in [-0.4, -0.2) is 36.3 Å². The Labute approximate surface area is 196 Å². The molecule has 1 saturated carbocycles. The van der Waals surface area contributed by atoms with Crippen molar-refractivity contribution in [3.63, 3.8) is 0 Å². The van der Waals surface area contributed by atoms with Crippen LogP contribution in [0.1, 0.15) is 43.5 Å². The Hall–Kier alpha value is -2.66. The number of benzene rings is 1. The highest BCUT2D eigenvalue weighted by atomic mass is 35.5. The highest BCUT2D eigenvalue weighted by molar-refractivity contribution is 6.30. The fraction of sp³-hybridized carbons (Fsp3) is 0.500. The smallest absolute Gasteiger partial charge is 0.332 e. The van der Waals surface area contributed by atoms with Crippen molar-refractivity contribution in [3.05, 3.63) is 61.3 Å². The molecule has 12 heteroatoms. The predicted molar refractivity (Wildman–Crippen MR) is 118 cm³/mol. The van der Waals surface area contributed by atoms with Gasteiger partial charge in [0.1, 0.15) is 11.6 Å². The van der Waals surface area contributed by atoms with E-state index < -0.39 is 54.3 Å². The highest BCUT2D eigenvalue weighted by Gasteiger charge is 2.48. The van der Waals surface area contributed by atoms with E-state index in [1.165, 1.54) is 23.7 Å². The van der Waals surface area contributed by atoms with E-state index in [2.05, 4.69) is 4.98 Å². The molecule has 0 spiro atoms. The second kappa shape index (κ2) is 8.84. The van der Waals surface area contributed by atoms with Gasteiger partial charge in [-0.05, 0) is 37.0 Å². The zero-order valence-corrected chi connectivity index (χ0v) is 19.1. The Bertz CT molecular complexity index is 1350. The molecule has 0 unspecified atom stereocenters. The fourth-order valence-electron chi connectivity index (χ4n) is 4.35. The molecule has 7 nitrogen and oxygen atoms in total. The first kappa shape index (κ1) is 24.5. The quantitative estimate of drug-likeness (QED) is 0.523. The zero-order valence-electron chi connectivity index (χ0n) is 18.3. The van der Waals surface area contributed by atoms with Crippen LogP contribution in [0.15, 0.2) is 27.8 Å². The lowest BCUT2D eigenvalue weighted by atomic mass is 9.83. The van der Waals surface area contributed by atoms with Crippen LogP contribution in [0.3, 0.4) is 0 Å². The molecule has 3 aromatic rings. The van der Waals surface area contributed by atoms with Crippen LogP contribution >= 0.6 is 11.6 Å². The van der Waals surface area contributed by atoms with Crippen LogP contribution in [0.2, 0.25) is 5.02 Å². The lowest BCUT2D eigenvalue weighted by Crippen LogP contribution is -2.40. The SMILES string of the molecule is Cn1c(=O)n(CCCO)c(=O)c2c1nc(C1(F)CCC(F)(F)CC1)n2Cc1ccc(Cl)c(F)c1. The number of nitrogens with zero attached hydrogens (tertiary/aromatic N) is 4. The Kier molecular flexibility index (Phi) is 6.36. The maximum Gasteiger partial charge on any atom is 0.332 e. The molecule has 4 rings (SSSR count). The molecular weight excluding hydrogens is 480 g/mol. The third-order valence-corrected chi connectivity index (χ3v) is 6.58. The molecule has 0 bridgehead atoms. The molecule has 1 aromatic carbocycles. The van der Waals surface area contributed by atoms with E-state index >= 15 is 4.39 Å². The number of fused-ring (bicyclic) bond motifs is 1. The minimum atomic E-state index is -3.00. The molecule has 0 radical (unpaired) electrons. The van der Waals surface area contributed by atoms with E-state index in [9.17, 15) is 22.8 Å². The first-order chi connectivity index (χ1) is 16.0. The number of aromatic nitrogens is 4. The summed E-state index contributed by atoms with van der Waals surface area (Å²) in [6, 6.07) is 3.93. The first-order valence-corrected chi connectivity index (χ1v) is 11.2. The van der Waals surface area contributed by atoms with E-state index in [0.717, 1.165) is 15.2 Å². The van der Waals surface area contributed by atoms with Gasteiger partial charge in [-0.3, -0.25) is 13.9 Å². The predicted octanol–water partition coefficient (Wildman–Crippen LogP) is 3.49. The van der Waals surface area contributed by atoms with Crippen molar-refractivity contribution >= 4 is 22.8 Å². The zero-order chi connectivity index (χ0) is 24.8. The minimum Gasteiger partial charge on any atom is -0.396 e. The number of aliphatic hydroxyl groups is 1. The van der Waals surface area contributed by atoms with E-state index in [1.807, 2.05) is 0 Å². The van der Waals surface area contributed by atoms with Gasteiger partial charge in [-0.15, -0.1) is 0 Å². The number of rotatable bonds is 6. The molecule has 1 aliphatic rings. The summed E-state index contributed by atoms with van der Waals surface area (Å²) in [5.41, 5.74) is -3.62. The van der Waals surface area contributed by atoms with Crippen molar-refractivity contribution < 1.29 is 22.7 Å². The summed E-state index contributed by atoms with van der Waals surface area (Å²) in [7, 11) is 1.36. The fourth-order valence-corrected chi connectivity index (χ4v) is 4.47. The second-order valence-electron chi connectivity index (χ2n) is 8.64. The number of imidazole rings is 1. The Morgan fingerprint density at radius 2 is 1.79 bits per heavy atom. The van der Waals surface area contributed by atoms with Crippen LogP contribution in [0.4, 0.5) is 17.6 Å². The Balaban J connectivity index is 1.97. The number of hydrogen-bond donors (Lipinski definition) is 1. The lowest BCUT2D eigenvalue weighted by molar-refractivity contribution is -0.0803. The third kappa shape index (κ3) is 4.26. The maximum atomic E-state index is 16.1. The van der Waals surface area contributed by atoms with Crippen molar-refractivity contribution in [1.82, 2.24) is 18.7 Å². The largest absolute Gasteiger partial charge is 0.396 e. The summed E-state index contributed by atoms with van der Waals surface area (Å²) in [6.07, 6.45) is -2.30. The molecule has 1 aliphatic carbocycles. The van der Waals surface area contributed by atoms with Crippen LogP contribution in [0.25, 0.3) is 11.2 Å². The third-order valence-electron chi connectivity index (χ3n) is 6.27. The van der Waals surface area contributed by atoms with Crippen molar-refractivity contribution in [2.24, 2.45) is 7.05 Å². The van der Waals surface area contributed by atoms with Gasteiger partial charge in [-0.2, -0.15) is 0 Å². The standard InChI is InChI=1S/C22H23ClF4N4O3/c1-29-17-16(18(33)30(20(29)34)9-2-10-32)31(12-13-3-4-14(23)15(24)11-13)19(28-17)21(25)5-7-22(26,27)8-6-21/h3-4,11,32H,2,5-10,12H2,1H3. The van der Waals surface area contributed by atoms with Gasteiger partial charge in [-0.1, -0.05) is 17.7 Å². The summed E-state index contributed by atoms with van der Waals surface area (Å²) in [6.45, 7) is -0.541. The van der Waals surface area contributed by atoms with E-state index in [4.69, 9.17) is 16.7 Å². The maximum absolute atomic E-state index is 16.1. The van der Waals surface area contributed by atoms with Gasteiger partial charge in [0, 0.05) is 39.6 Å². The van der Waals surface area contributed by atoms with Gasteiger partial charge in [-0.25, -0.2) is 27.3 Å². The topological polar surface area (TPSA) is 82.0 Å². The Morgan fingerprint density at radius 1 is 1.12 bits per heavy atom. The molecule has 0 aliphatic heterocycles. The van der Waals surface area contributed by atoms with Gasteiger partial charge >= 0.3 is 5.69 Å². The molecule has 0 amide bonds. The molecule has 0 saturated heterocycles. The lowest BCUT2D eigenvalue weighted by Gasteiger charge is -2.33. The highest BCUT2D eigenvalue weighted by Crippen LogP contribution is 2.46. The normalized spacial score (nSPS) is 17.4. The van der Waals surface area contributed by atoms with Crippen molar-refractivity contribution in [2.75, 3.05) is 6.61 Å². The minimum absolute atomic E-state index is 0.0823. The number of aliphatic hydroxyl groups excluding tert-OH is 1. The monoisotopic (exact) mass is 502 g/mol. The molecule has 2 heterocycles. The second-order valence-corrected chi connectivity index (χ2v) is 9.05.